The van der Waals surface area contributed by atoms with Gasteiger partial charge in [-0.2, -0.15) is 5.10 Å². The second kappa shape index (κ2) is 7.35. The largest absolute Gasteiger partial charge is 0.485 e. The highest BCUT2D eigenvalue weighted by atomic mass is 16.5. The van der Waals surface area contributed by atoms with Crippen LogP contribution in [0.1, 0.15) is 35.6 Å². The van der Waals surface area contributed by atoms with E-state index in [1.807, 2.05) is 12.1 Å². The van der Waals surface area contributed by atoms with E-state index < -0.39 is 0 Å². The molecule has 132 valence electrons. The summed E-state index contributed by atoms with van der Waals surface area (Å²) in [5.74, 6) is 0.660. The number of pyridine rings is 2. The summed E-state index contributed by atoms with van der Waals surface area (Å²) < 4.78 is 5.83. The predicted molar refractivity (Wildman–Crippen MR) is 95.7 cm³/mol. The summed E-state index contributed by atoms with van der Waals surface area (Å²) >= 11 is 0. The Morgan fingerprint density at radius 2 is 2.19 bits per heavy atom. The van der Waals surface area contributed by atoms with Gasteiger partial charge in [0.15, 0.2) is 11.6 Å². The Morgan fingerprint density at radius 3 is 3.08 bits per heavy atom. The van der Waals surface area contributed by atoms with Crippen molar-refractivity contribution in [2.75, 3.05) is 5.32 Å². The van der Waals surface area contributed by atoms with E-state index in [9.17, 15) is 4.79 Å². The van der Waals surface area contributed by atoms with Crippen molar-refractivity contribution in [2.45, 2.75) is 31.8 Å². The summed E-state index contributed by atoms with van der Waals surface area (Å²) in [6.45, 7) is 0.359. The van der Waals surface area contributed by atoms with Crippen molar-refractivity contribution in [3.63, 3.8) is 0 Å². The lowest BCUT2D eigenvalue weighted by molar-refractivity contribution is -0.117. The topological polar surface area (TPSA) is 92.8 Å². The quantitative estimate of drug-likeness (QED) is 0.739. The molecule has 1 aliphatic rings. The van der Waals surface area contributed by atoms with E-state index in [1.54, 1.807) is 36.9 Å². The number of hydrogen-bond donors (Lipinski definition) is 2. The molecule has 0 saturated heterocycles. The smallest absolute Gasteiger partial charge is 0.233 e. The Morgan fingerprint density at radius 1 is 1.27 bits per heavy atom. The number of nitrogens with one attached hydrogen (secondary N) is 2. The number of anilines is 1. The molecule has 0 aliphatic heterocycles. The minimum atomic E-state index is -0.217. The molecule has 4 rings (SSSR count). The van der Waals surface area contributed by atoms with Crippen LogP contribution in [0.4, 0.5) is 5.82 Å². The van der Waals surface area contributed by atoms with Crippen LogP contribution in [0.5, 0.6) is 5.75 Å². The maximum absolute atomic E-state index is 12.8. The van der Waals surface area contributed by atoms with Crippen LogP contribution >= 0.6 is 0 Å². The number of aromatic amines is 1. The molecule has 0 fully saturated rings. The number of nitrogens with zero attached hydrogens (tertiary/aromatic N) is 3. The van der Waals surface area contributed by atoms with Crippen molar-refractivity contribution >= 4 is 11.7 Å². The van der Waals surface area contributed by atoms with E-state index in [1.165, 1.54) is 0 Å². The minimum absolute atomic E-state index is 0.0859. The SMILES string of the molecule is O=C(Nc1ncccc1OCc1cccnc1)[C@@H]1CCCc2[nH]ncc21. The molecule has 1 amide bonds. The van der Waals surface area contributed by atoms with Crippen LogP contribution in [0, 0.1) is 0 Å². The molecule has 0 radical (unpaired) electrons. The third-order valence-corrected chi connectivity index (χ3v) is 4.49. The fourth-order valence-electron chi connectivity index (χ4n) is 3.18. The third kappa shape index (κ3) is 3.42. The number of fused-ring (bicyclic) bond motifs is 1. The second-order valence-electron chi connectivity index (χ2n) is 6.24. The summed E-state index contributed by atoms with van der Waals surface area (Å²) in [6, 6.07) is 7.37. The molecule has 0 spiro atoms. The normalized spacial score (nSPS) is 15.9. The van der Waals surface area contributed by atoms with Gasteiger partial charge in [-0.05, 0) is 37.5 Å². The van der Waals surface area contributed by atoms with Gasteiger partial charge in [-0.1, -0.05) is 6.07 Å². The number of aromatic nitrogens is 4. The second-order valence-corrected chi connectivity index (χ2v) is 6.24. The van der Waals surface area contributed by atoms with Crippen LogP contribution in [0.15, 0.2) is 49.1 Å². The summed E-state index contributed by atoms with van der Waals surface area (Å²) in [6.07, 6.45) is 9.54. The molecule has 0 aromatic carbocycles. The van der Waals surface area contributed by atoms with E-state index in [4.69, 9.17) is 4.74 Å². The van der Waals surface area contributed by atoms with Gasteiger partial charge in [0.05, 0.1) is 12.1 Å². The average molecular weight is 349 g/mol. The summed E-state index contributed by atoms with van der Waals surface area (Å²) in [4.78, 5) is 21.1. The maximum atomic E-state index is 12.8. The van der Waals surface area contributed by atoms with Crippen LogP contribution in [0.3, 0.4) is 0 Å². The first kappa shape index (κ1) is 16.3. The molecular weight excluding hydrogens is 330 g/mol. The van der Waals surface area contributed by atoms with Gasteiger partial charge in [0, 0.05) is 35.4 Å². The van der Waals surface area contributed by atoms with E-state index in [0.717, 1.165) is 36.1 Å². The van der Waals surface area contributed by atoms with Crippen molar-refractivity contribution in [3.8, 4) is 5.75 Å². The van der Waals surface area contributed by atoms with E-state index in [0.29, 0.717) is 18.2 Å². The number of carbonyl (C=O) groups is 1. The summed E-state index contributed by atoms with van der Waals surface area (Å²) in [7, 11) is 0. The van der Waals surface area contributed by atoms with Crippen LogP contribution < -0.4 is 10.1 Å². The Kier molecular flexibility index (Phi) is 4.59. The Hall–Kier alpha value is -3.22. The fraction of sp³-hybridized carbons (Fsp3) is 0.263. The molecule has 0 unspecified atom stereocenters. The maximum Gasteiger partial charge on any atom is 0.233 e. The molecule has 2 N–H and O–H groups in total. The fourth-order valence-corrected chi connectivity index (χ4v) is 3.18. The van der Waals surface area contributed by atoms with E-state index in [2.05, 4.69) is 25.5 Å². The summed E-state index contributed by atoms with van der Waals surface area (Å²) in [5, 5.41) is 9.97. The molecule has 0 bridgehead atoms. The van der Waals surface area contributed by atoms with Gasteiger partial charge >= 0.3 is 0 Å². The Bertz CT molecular complexity index is 894. The van der Waals surface area contributed by atoms with Crippen molar-refractivity contribution in [1.29, 1.82) is 0 Å². The highest BCUT2D eigenvalue weighted by molar-refractivity contribution is 5.96. The first-order valence-electron chi connectivity index (χ1n) is 8.61. The molecule has 7 heteroatoms. The zero-order valence-corrected chi connectivity index (χ0v) is 14.2. The molecular formula is C19H19N5O2. The monoisotopic (exact) mass is 349 g/mol. The molecule has 1 aliphatic carbocycles. The van der Waals surface area contributed by atoms with Crippen LogP contribution in [0.25, 0.3) is 0 Å². The standard InChI is InChI=1S/C19H19N5O2/c25-19(14-5-1-6-16-15(14)11-22-24-16)23-18-17(7-3-9-21-18)26-12-13-4-2-8-20-10-13/h2-4,7-11,14H,1,5-6,12H2,(H,22,24)(H,21,23,25)/t14-/m1/s1. The van der Waals surface area contributed by atoms with Crippen molar-refractivity contribution in [2.24, 2.45) is 0 Å². The number of carbonyl (C=O) groups excluding carboxylic acids is 1. The van der Waals surface area contributed by atoms with Crippen molar-refractivity contribution in [3.05, 3.63) is 65.9 Å². The van der Waals surface area contributed by atoms with Gasteiger partial charge in [0.2, 0.25) is 5.91 Å². The molecule has 0 saturated carbocycles. The third-order valence-electron chi connectivity index (χ3n) is 4.49. The van der Waals surface area contributed by atoms with Crippen LogP contribution in [-0.4, -0.2) is 26.1 Å². The molecule has 3 aromatic rings. The van der Waals surface area contributed by atoms with Gasteiger partial charge in [0.1, 0.15) is 6.61 Å². The zero-order chi connectivity index (χ0) is 17.8. The van der Waals surface area contributed by atoms with Gasteiger partial charge in [0.25, 0.3) is 0 Å². The Labute approximate surface area is 150 Å². The van der Waals surface area contributed by atoms with Crippen LogP contribution in [-0.2, 0) is 17.8 Å². The first-order chi connectivity index (χ1) is 12.8. The lowest BCUT2D eigenvalue weighted by atomic mass is 9.86. The number of amides is 1. The van der Waals surface area contributed by atoms with E-state index in [-0.39, 0.29) is 11.8 Å². The van der Waals surface area contributed by atoms with Crippen LogP contribution in [0.2, 0.25) is 0 Å². The Balaban J connectivity index is 1.48. The molecule has 1 atom stereocenters. The molecule has 7 nitrogen and oxygen atoms in total. The average Bonchev–Trinajstić information content (AvgIpc) is 3.17. The number of aryl methyl sites for hydroxylation is 1. The molecule has 3 aromatic heterocycles. The highest BCUT2D eigenvalue weighted by Crippen LogP contribution is 2.32. The van der Waals surface area contributed by atoms with Gasteiger partial charge in [-0.25, -0.2) is 4.98 Å². The number of ether oxygens (including phenoxy) is 1. The minimum Gasteiger partial charge on any atom is -0.485 e. The lowest BCUT2D eigenvalue weighted by Crippen LogP contribution is -2.25. The molecule has 26 heavy (non-hydrogen) atoms. The first-order valence-corrected chi connectivity index (χ1v) is 8.61. The number of rotatable bonds is 5. The number of H-pyrrole nitrogens is 1. The van der Waals surface area contributed by atoms with Gasteiger partial charge in [-0.15, -0.1) is 0 Å². The summed E-state index contributed by atoms with van der Waals surface area (Å²) in [5.41, 5.74) is 2.97. The van der Waals surface area contributed by atoms with E-state index >= 15 is 0 Å². The molecule has 3 heterocycles. The number of hydrogen-bond acceptors (Lipinski definition) is 5. The van der Waals surface area contributed by atoms with Crippen molar-refractivity contribution in [1.82, 2.24) is 20.2 Å². The van der Waals surface area contributed by atoms with Crippen molar-refractivity contribution < 1.29 is 9.53 Å². The van der Waals surface area contributed by atoms with Gasteiger partial charge in [-0.3, -0.25) is 14.9 Å². The predicted octanol–water partition coefficient (Wildman–Crippen LogP) is 2.84. The zero-order valence-electron chi connectivity index (χ0n) is 14.2. The highest BCUT2D eigenvalue weighted by Gasteiger charge is 2.28. The lowest BCUT2D eigenvalue weighted by Gasteiger charge is -2.21. The van der Waals surface area contributed by atoms with Gasteiger partial charge < -0.3 is 10.1 Å².